The zero-order chi connectivity index (χ0) is 25.9. The molecule has 1 fully saturated rings. The maximum Gasteiger partial charge on any atom is 0.249 e. The van der Waals surface area contributed by atoms with Gasteiger partial charge in [-0.15, -0.1) is 5.10 Å². The van der Waals surface area contributed by atoms with Gasteiger partial charge in [0, 0.05) is 11.6 Å². The molecular weight excluding hydrogens is 469 g/mol. The number of aromatic nitrogens is 3. The molecule has 0 aliphatic heterocycles. The van der Waals surface area contributed by atoms with E-state index < -0.39 is 17.8 Å². The van der Waals surface area contributed by atoms with Crippen molar-refractivity contribution in [2.45, 2.75) is 58.2 Å². The van der Waals surface area contributed by atoms with Crippen LogP contribution >= 0.6 is 0 Å². The van der Waals surface area contributed by atoms with Crippen LogP contribution in [0.2, 0.25) is 0 Å². The highest BCUT2D eigenvalue weighted by Gasteiger charge is 2.37. The first-order valence-electron chi connectivity index (χ1n) is 12.7. The summed E-state index contributed by atoms with van der Waals surface area (Å²) in [6.45, 7) is 3.62. The van der Waals surface area contributed by atoms with Gasteiger partial charge in [0.25, 0.3) is 0 Å². The number of nitrogens with zero attached hydrogens (tertiary/aromatic N) is 4. The molecule has 1 saturated carbocycles. The van der Waals surface area contributed by atoms with E-state index in [4.69, 9.17) is 0 Å². The molecule has 4 aromatic rings. The highest BCUT2D eigenvalue weighted by Crippen LogP contribution is 2.35. The Bertz CT molecular complexity index is 1420. The topological polar surface area (TPSA) is 80.1 Å². The zero-order valence-electron chi connectivity index (χ0n) is 21.0. The third kappa shape index (κ3) is 4.96. The van der Waals surface area contributed by atoms with Gasteiger partial charge in [0.15, 0.2) is 0 Å². The highest BCUT2D eigenvalue weighted by molar-refractivity contribution is 6.02. The minimum absolute atomic E-state index is 0.0101. The van der Waals surface area contributed by atoms with Crippen molar-refractivity contribution in [3.05, 3.63) is 89.2 Å². The molecule has 1 heterocycles. The minimum Gasteiger partial charge on any atom is -0.351 e. The molecule has 1 N–H and O–H groups in total. The summed E-state index contributed by atoms with van der Waals surface area (Å²) in [6.07, 6.45) is 3.82. The summed E-state index contributed by atoms with van der Waals surface area (Å²) in [5, 5.41) is 11.4. The van der Waals surface area contributed by atoms with Crippen molar-refractivity contribution in [2.75, 3.05) is 4.90 Å². The highest BCUT2D eigenvalue weighted by atomic mass is 19.1. The van der Waals surface area contributed by atoms with Crippen molar-refractivity contribution in [2.24, 2.45) is 0 Å². The van der Waals surface area contributed by atoms with E-state index in [1.54, 1.807) is 18.2 Å². The molecule has 5 rings (SSSR count). The number of carbonyl (C=O) groups is 2. The van der Waals surface area contributed by atoms with Crippen LogP contribution in [0.25, 0.3) is 11.0 Å². The Morgan fingerprint density at radius 1 is 1.00 bits per heavy atom. The van der Waals surface area contributed by atoms with Crippen LogP contribution in [0.1, 0.15) is 48.4 Å². The van der Waals surface area contributed by atoms with Crippen molar-refractivity contribution >= 4 is 28.5 Å². The fraction of sp³-hybridized carbons (Fsp3) is 0.310. The molecule has 7 nitrogen and oxygen atoms in total. The molecule has 0 spiro atoms. The lowest BCUT2D eigenvalue weighted by Crippen LogP contribution is -2.48. The average molecular weight is 500 g/mol. The quantitative estimate of drug-likeness (QED) is 0.387. The summed E-state index contributed by atoms with van der Waals surface area (Å²) in [5.41, 5.74) is 3.73. The Kier molecular flexibility index (Phi) is 6.99. The minimum atomic E-state index is -1.19. The van der Waals surface area contributed by atoms with E-state index in [9.17, 15) is 9.59 Å². The monoisotopic (exact) mass is 499 g/mol. The van der Waals surface area contributed by atoms with E-state index >= 15 is 4.39 Å². The first-order valence-corrected chi connectivity index (χ1v) is 12.7. The van der Waals surface area contributed by atoms with Gasteiger partial charge in [-0.25, -0.2) is 9.07 Å². The van der Waals surface area contributed by atoms with Gasteiger partial charge in [0.2, 0.25) is 11.8 Å². The van der Waals surface area contributed by atoms with Crippen molar-refractivity contribution in [1.29, 1.82) is 0 Å². The lowest BCUT2D eigenvalue weighted by Gasteiger charge is -2.34. The maximum atomic E-state index is 15.3. The van der Waals surface area contributed by atoms with E-state index in [2.05, 4.69) is 15.6 Å². The number of hydrogen-bond donors (Lipinski definition) is 1. The number of halogens is 1. The van der Waals surface area contributed by atoms with E-state index in [0.29, 0.717) is 16.7 Å². The third-order valence-electron chi connectivity index (χ3n) is 7.06. The number of nitrogens with one attached hydrogen (secondary N) is 1. The van der Waals surface area contributed by atoms with Gasteiger partial charge in [-0.05, 0) is 56.0 Å². The molecule has 0 bridgehead atoms. The van der Waals surface area contributed by atoms with Crippen LogP contribution in [-0.2, 0) is 16.1 Å². The molecule has 1 aliphatic rings. The number of para-hydroxylation sites is 2. The molecule has 0 radical (unpaired) electrons. The molecule has 1 aliphatic carbocycles. The summed E-state index contributed by atoms with van der Waals surface area (Å²) >= 11 is 0. The van der Waals surface area contributed by atoms with Crippen molar-refractivity contribution < 1.29 is 14.0 Å². The number of aryl methyl sites for hydroxylation is 2. The van der Waals surface area contributed by atoms with Crippen molar-refractivity contribution in [1.82, 2.24) is 20.3 Å². The van der Waals surface area contributed by atoms with Gasteiger partial charge >= 0.3 is 0 Å². The van der Waals surface area contributed by atoms with Crippen LogP contribution in [0, 0.1) is 19.7 Å². The standard InChI is InChI=1S/C29H30FN5O2/c1-19-10-9-11-20(2)27(19)35(26(36)18-34-25-17-8-7-16-24(25)32-33-34)28(22-14-5-6-15-23(22)30)29(37)31-21-12-3-4-13-21/h5-11,14-17,21,28H,3-4,12-13,18H2,1-2H3,(H,31,37). The SMILES string of the molecule is Cc1cccc(C)c1N(C(=O)Cn1nnc2ccccc21)C(C(=O)NC1CCCC1)c1ccccc1F. The fourth-order valence-corrected chi connectivity index (χ4v) is 5.27. The van der Waals surface area contributed by atoms with Gasteiger partial charge in [0.05, 0.1) is 11.2 Å². The van der Waals surface area contributed by atoms with E-state index in [1.165, 1.54) is 15.6 Å². The normalized spacial score (nSPS) is 14.6. The van der Waals surface area contributed by atoms with Gasteiger partial charge < -0.3 is 5.32 Å². The Morgan fingerprint density at radius 2 is 1.68 bits per heavy atom. The molecule has 0 saturated heterocycles. The second kappa shape index (κ2) is 10.5. The van der Waals surface area contributed by atoms with E-state index in [0.717, 1.165) is 36.8 Å². The smallest absolute Gasteiger partial charge is 0.249 e. The number of fused-ring (bicyclic) bond motifs is 1. The second-order valence-electron chi connectivity index (χ2n) is 9.65. The van der Waals surface area contributed by atoms with Crippen LogP contribution in [-0.4, -0.2) is 32.9 Å². The number of hydrogen-bond acceptors (Lipinski definition) is 4. The summed E-state index contributed by atoms with van der Waals surface area (Å²) in [4.78, 5) is 29.5. The first-order chi connectivity index (χ1) is 17.9. The number of rotatable bonds is 7. The largest absolute Gasteiger partial charge is 0.351 e. The molecular formula is C29H30FN5O2. The fourth-order valence-electron chi connectivity index (χ4n) is 5.27. The lowest BCUT2D eigenvalue weighted by molar-refractivity contribution is -0.127. The predicted octanol–water partition coefficient (Wildman–Crippen LogP) is 5.02. The van der Waals surface area contributed by atoms with Crippen molar-refractivity contribution in [3.8, 4) is 0 Å². The van der Waals surface area contributed by atoms with E-state index in [1.807, 2.05) is 56.3 Å². The second-order valence-corrected chi connectivity index (χ2v) is 9.65. The van der Waals surface area contributed by atoms with Gasteiger partial charge in [0.1, 0.15) is 23.9 Å². The molecule has 1 unspecified atom stereocenters. The first kappa shape index (κ1) is 24.6. The average Bonchev–Trinajstić information content (AvgIpc) is 3.54. The Balaban J connectivity index is 1.63. The predicted molar refractivity (Wildman–Crippen MR) is 140 cm³/mol. The molecule has 1 atom stereocenters. The van der Waals surface area contributed by atoms with Gasteiger partial charge in [-0.1, -0.05) is 66.6 Å². The van der Waals surface area contributed by atoms with Crippen LogP contribution in [0.4, 0.5) is 10.1 Å². The summed E-state index contributed by atoms with van der Waals surface area (Å²) < 4.78 is 16.8. The van der Waals surface area contributed by atoms with E-state index in [-0.39, 0.29) is 24.1 Å². The van der Waals surface area contributed by atoms with Gasteiger partial charge in [-0.3, -0.25) is 14.5 Å². The molecule has 1 aromatic heterocycles. The number of amides is 2. The number of anilines is 1. The maximum absolute atomic E-state index is 15.3. The molecule has 8 heteroatoms. The summed E-state index contributed by atoms with van der Waals surface area (Å²) in [7, 11) is 0. The van der Waals surface area contributed by atoms with Crippen LogP contribution in [0.5, 0.6) is 0 Å². The lowest BCUT2D eigenvalue weighted by atomic mass is 9.99. The number of carbonyl (C=O) groups excluding carboxylic acids is 2. The summed E-state index contributed by atoms with van der Waals surface area (Å²) in [5.74, 6) is -1.32. The Hall–Kier alpha value is -4.07. The molecule has 190 valence electrons. The van der Waals surface area contributed by atoms with Crippen LogP contribution in [0.15, 0.2) is 66.7 Å². The number of benzene rings is 3. The van der Waals surface area contributed by atoms with Crippen LogP contribution < -0.4 is 10.2 Å². The molecule has 2 amide bonds. The van der Waals surface area contributed by atoms with Crippen LogP contribution in [0.3, 0.4) is 0 Å². The zero-order valence-corrected chi connectivity index (χ0v) is 21.0. The third-order valence-corrected chi connectivity index (χ3v) is 7.06. The molecule has 37 heavy (non-hydrogen) atoms. The summed E-state index contributed by atoms with van der Waals surface area (Å²) in [6, 6.07) is 18.0. The Morgan fingerprint density at radius 3 is 2.41 bits per heavy atom. The van der Waals surface area contributed by atoms with Crippen molar-refractivity contribution in [3.63, 3.8) is 0 Å². The Labute approximate surface area is 215 Å². The van der Waals surface area contributed by atoms with Gasteiger partial charge in [-0.2, -0.15) is 0 Å². The molecule has 3 aromatic carbocycles.